The predicted octanol–water partition coefficient (Wildman–Crippen LogP) is 4.54. The quantitative estimate of drug-likeness (QED) is 0.480. The minimum Gasteiger partial charge on any atom is -0.402 e. The molecule has 18 heavy (non-hydrogen) atoms. The Balaban J connectivity index is 3.21. The van der Waals surface area contributed by atoms with Gasteiger partial charge in [-0.1, -0.05) is 15.9 Å². The Bertz CT molecular complexity index is 446. The van der Waals surface area contributed by atoms with E-state index >= 15 is 0 Å². The summed E-state index contributed by atoms with van der Waals surface area (Å²) in [5.41, 5.74) is -0.0882. The number of anilines is 1. The summed E-state index contributed by atoms with van der Waals surface area (Å²) in [7, 11) is 0. The fraction of sp³-hybridized carbons (Fsp3) is 0.250. The van der Waals surface area contributed by atoms with Gasteiger partial charge in [-0.3, -0.25) is 0 Å². The largest absolute Gasteiger partial charge is 0.573 e. The summed E-state index contributed by atoms with van der Waals surface area (Å²) in [6.07, 6.45) is -5.12. The van der Waals surface area contributed by atoms with Crippen molar-refractivity contribution in [2.24, 2.45) is 0 Å². The topological polar surface area (TPSA) is 35.2 Å². The van der Waals surface area contributed by atoms with Gasteiger partial charge in [-0.15, -0.1) is 13.2 Å². The lowest BCUT2D eigenvalue weighted by atomic mass is 10.3. The maximum absolute atomic E-state index is 12.2. The van der Waals surface area contributed by atoms with Gasteiger partial charge >= 0.3 is 11.9 Å². The molecular formula is C8H4BrF6NOS. The molecule has 0 saturated heterocycles. The number of hydrogen-bond acceptors (Lipinski definition) is 3. The number of alkyl halides is 6. The lowest BCUT2D eigenvalue weighted by Crippen LogP contribution is -2.19. The molecule has 0 aromatic heterocycles. The van der Waals surface area contributed by atoms with Gasteiger partial charge in [-0.25, -0.2) is 0 Å². The summed E-state index contributed by atoms with van der Waals surface area (Å²) in [6, 6.07) is 1.86. The molecule has 2 nitrogen and oxygen atoms in total. The SMILES string of the molecule is Nc1cc(Br)cc(SC(F)(F)F)c1OC(F)(F)F. The summed E-state index contributed by atoms with van der Waals surface area (Å²) in [4.78, 5) is -0.772. The second kappa shape index (κ2) is 5.08. The van der Waals surface area contributed by atoms with E-state index in [1.807, 2.05) is 0 Å². The van der Waals surface area contributed by atoms with E-state index in [1.54, 1.807) is 0 Å². The molecule has 102 valence electrons. The smallest absolute Gasteiger partial charge is 0.402 e. The highest BCUT2D eigenvalue weighted by atomic mass is 79.9. The van der Waals surface area contributed by atoms with Gasteiger partial charge in [0.1, 0.15) is 0 Å². The van der Waals surface area contributed by atoms with Crippen molar-refractivity contribution < 1.29 is 31.1 Å². The van der Waals surface area contributed by atoms with Crippen molar-refractivity contribution in [1.29, 1.82) is 0 Å². The molecule has 0 saturated carbocycles. The molecule has 0 aliphatic heterocycles. The second-order valence-electron chi connectivity index (χ2n) is 2.92. The molecular weight excluding hydrogens is 352 g/mol. The van der Waals surface area contributed by atoms with E-state index in [-0.39, 0.29) is 4.47 Å². The van der Waals surface area contributed by atoms with E-state index in [0.717, 1.165) is 12.1 Å². The van der Waals surface area contributed by atoms with Crippen molar-refractivity contribution in [3.05, 3.63) is 16.6 Å². The fourth-order valence-electron chi connectivity index (χ4n) is 1.01. The first-order valence-corrected chi connectivity index (χ1v) is 5.69. The summed E-state index contributed by atoms with van der Waals surface area (Å²) in [5.74, 6) is -1.06. The van der Waals surface area contributed by atoms with Crippen molar-refractivity contribution >= 4 is 33.4 Å². The molecule has 0 atom stereocenters. The van der Waals surface area contributed by atoms with E-state index in [0.29, 0.717) is 0 Å². The predicted molar refractivity (Wildman–Crippen MR) is 57.1 cm³/mol. The van der Waals surface area contributed by atoms with Gasteiger partial charge in [-0.2, -0.15) is 13.2 Å². The number of rotatable bonds is 2. The van der Waals surface area contributed by atoms with E-state index in [1.165, 1.54) is 0 Å². The summed E-state index contributed by atoms with van der Waals surface area (Å²) in [6.45, 7) is 0. The van der Waals surface area contributed by atoms with Crippen LogP contribution in [0.25, 0.3) is 0 Å². The van der Waals surface area contributed by atoms with Crippen molar-refractivity contribution in [3.8, 4) is 5.75 Å². The summed E-state index contributed by atoms with van der Waals surface area (Å²) >= 11 is 2.10. The first-order chi connectivity index (χ1) is 7.98. The van der Waals surface area contributed by atoms with Crippen LogP contribution in [0.3, 0.4) is 0 Å². The molecule has 10 heteroatoms. The molecule has 0 unspecified atom stereocenters. The molecule has 2 N–H and O–H groups in total. The van der Waals surface area contributed by atoms with E-state index in [2.05, 4.69) is 20.7 Å². The monoisotopic (exact) mass is 355 g/mol. The highest BCUT2D eigenvalue weighted by Gasteiger charge is 2.36. The number of nitrogens with two attached hydrogens (primary N) is 1. The van der Waals surface area contributed by atoms with Gasteiger partial charge < -0.3 is 10.5 Å². The van der Waals surface area contributed by atoms with Crippen LogP contribution in [0.4, 0.5) is 32.0 Å². The van der Waals surface area contributed by atoms with Crippen LogP contribution in [0.15, 0.2) is 21.5 Å². The van der Waals surface area contributed by atoms with Gasteiger partial charge in [0.25, 0.3) is 0 Å². The minimum absolute atomic E-state index is 0.112. The van der Waals surface area contributed by atoms with E-state index in [9.17, 15) is 26.3 Å². The van der Waals surface area contributed by atoms with Crippen LogP contribution >= 0.6 is 27.7 Å². The average molecular weight is 356 g/mol. The average Bonchev–Trinajstić information content (AvgIpc) is 2.06. The zero-order valence-electron chi connectivity index (χ0n) is 8.19. The van der Waals surface area contributed by atoms with E-state index < -0.39 is 40.0 Å². The van der Waals surface area contributed by atoms with Crippen LogP contribution in [-0.2, 0) is 0 Å². The third-order valence-corrected chi connectivity index (χ3v) is 2.70. The second-order valence-corrected chi connectivity index (χ2v) is 4.94. The van der Waals surface area contributed by atoms with Crippen LogP contribution in [-0.4, -0.2) is 11.9 Å². The Hall–Kier alpha value is -0.770. The molecule has 1 aromatic rings. The summed E-state index contributed by atoms with van der Waals surface area (Å²) < 4.78 is 76.3. The lowest BCUT2D eigenvalue weighted by molar-refractivity contribution is -0.275. The Labute approximate surface area is 110 Å². The molecule has 0 spiro atoms. The summed E-state index contributed by atoms with van der Waals surface area (Å²) in [5, 5.41) is 0. The molecule has 1 aromatic carbocycles. The van der Waals surface area contributed by atoms with Crippen molar-refractivity contribution in [2.45, 2.75) is 16.8 Å². The van der Waals surface area contributed by atoms with Crippen LogP contribution < -0.4 is 10.5 Å². The van der Waals surface area contributed by atoms with E-state index in [4.69, 9.17) is 5.73 Å². The number of nitrogen functional groups attached to an aromatic ring is 1. The number of thioether (sulfide) groups is 1. The van der Waals surface area contributed by atoms with Crippen molar-refractivity contribution in [3.63, 3.8) is 0 Å². The molecule has 0 bridgehead atoms. The molecule has 0 heterocycles. The van der Waals surface area contributed by atoms with Gasteiger partial charge in [0, 0.05) is 4.47 Å². The van der Waals surface area contributed by atoms with Gasteiger partial charge in [0.05, 0.1) is 10.6 Å². The lowest BCUT2D eigenvalue weighted by Gasteiger charge is -2.16. The fourth-order valence-corrected chi connectivity index (χ4v) is 2.33. The molecule has 0 aliphatic rings. The van der Waals surface area contributed by atoms with Crippen molar-refractivity contribution in [1.82, 2.24) is 0 Å². The Morgan fingerprint density at radius 2 is 1.67 bits per heavy atom. The Kier molecular flexibility index (Phi) is 4.31. The number of hydrogen-bond donors (Lipinski definition) is 1. The maximum Gasteiger partial charge on any atom is 0.573 e. The minimum atomic E-state index is -5.12. The van der Waals surface area contributed by atoms with Gasteiger partial charge in [-0.05, 0) is 23.9 Å². The number of ether oxygens (including phenoxy) is 1. The highest BCUT2D eigenvalue weighted by Crippen LogP contribution is 2.46. The number of benzene rings is 1. The van der Waals surface area contributed by atoms with Crippen LogP contribution in [0, 0.1) is 0 Å². The zero-order chi connectivity index (χ0) is 14.1. The molecule has 0 aliphatic carbocycles. The zero-order valence-corrected chi connectivity index (χ0v) is 10.6. The number of halogens is 7. The van der Waals surface area contributed by atoms with Crippen LogP contribution in [0.1, 0.15) is 0 Å². The highest BCUT2D eigenvalue weighted by molar-refractivity contribution is 9.10. The molecule has 1 rings (SSSR count). The first-order valence-electron chi connectivity index (χ1n) is 4.08. The third-order valence-electron chi connectivity index (χ3n) is 1.49. The Morgan fingerprint density at radius 3 is 2.11 bits per heavy atom. The standard InChI is InChI=1S/C8H4BrF6NOS/c9-3-1-4(16)6(17-7(10,11)12)5(2-3)18-8(13,14)15/h1-2H,16H2. The van der Waals surface area contributed by atoms with Crippen LogP contribution in [0.2, 0.25) is 0 Å². The normalized spacial score (nSPS) is 12.6. The molecule has 0 amide bonds. The third kappa shape index (κ3) is 4.84. The van der Waals surface area contributed by atoms with Crippen LogP contribution in [0.5, 0.6) is 5.75 Å². The van der Waals surface area contributed by atoms with Gasteiger partial charge in [0.2, 0.25) is 0 Å². The molecule has 0 fully saturated rings. The molecule has 0 radical (unpaired) electrons. The Morgan fingerprint density at radius 1 is 1.11 bits per heavy atom. The maximum atomic E-state index is 12.2. The van der Waals surface area contributed by atoms with Gasteiger partial charge in [0.15, 0.2) is 5.75 Å². The van der Waals surface area contributed by atoms with Crippen molar-refractivity contribution in [2.75, 3.05) is 5.73 Å². The first kappa shape index (κ1) is 15.3.